The number of rotatable bonds is 4. The van der Waals surface area contributed by atoms with Gasteiger partial charge >= 0.3 is 18.1 Å². The topological polar surface area (TPSA) is 71.3 Å². The van der Waals surface area contributed by atoms with Gasteiger partial charge in [0.1, 0.15) is 0 Å². The predicted molar refractivity (Wildman–Crippen MR) is 76.3 cm³/mol. The molecule has 10 heteroatoms. The number of alkyl halides is 3. The molecule has 0 saturated heterocycles. The zero-order valence-electron chi connectivity index (χ0n) is 11.8. The van der Waals surface area contributed by atoms with Gasteiger partial charge in [0.25, 0.3) is 0 Å². The Kier molecular flexibility index (Phi) is 4.90. The zero-order valence-corrected chi connectivity index (χ0v) is 12.7. The van der Waals surface area contributed by atoms with E-state index in [0.717, 1.165) is 4.88 Å². The number of amides is 2. The molecule has 1 N–H and O–H groups in total. The number of hydrogen-bond donors (Lipinski definition) is 1. The van der Waals surface area contributed by atoms with Crippen LogP contribution in [0.25, 0.3) is 10.7 Å². The maximum absolute atomic E-state index is 12.4. The lowest BCUT2D eigenvalue weighted by Crippen LogP contribution is -2.36. The lowest BCUT2D eigenvalue weighted by molar-refractivity contribution is -0.159. The first kappa shape index (κ1) is 16.8. The molecule has 0 aliphatic heterocycles. The highest BCUT2D eigenvalue weighted by Crippen LogP contribution is 2.31. The Morgan fingerprint density at radius 2 is 2.26 bits per heavy atom. The van der Waals surface area contributed by atoms with E-state index in [2.05, 4.69) is 25.9 Å². The number of halogens is 3. The van der Waals surface area contributed by atoms with Gasteiger partial charge in [-0.25, -0.2) is 4.79 Å². The lowest BCUT2D eigenvalue weighted by Gasteiger charge is -2.15. The fourth-order valence-corrected chi connectivity index (χ4v) is 2.58. The number of hydrogen-bond acceptors (Lipinski definition) is 5. The molecule has 122 valence electrons. The highest BCUT2D eigenvalue weighted by Gasteiger charge is 2.38. The van der Waals surface area contributed by atoms with E-state index < -0.39 is 12.1 Å². The molecule has 0 spiro atoms. The molecule has 2 aromatic heterocycles. The van der Waals surface area contributed by atoms with E-state index in [1.165, 1.54) is 16.2 Å². The number of carbonyl (C=O) groups is 1. The SMILES string of the molecule is C#CCNC(=O)N(C)Cc1ccc(-c2noc(C(F)(F)F)n2)s1. The molecule has 0 aliphatic rings. The summed E-state index contributed by atoms with van der Waals surface area (Å²) < 4.78 is 41.5. The minimum absolute atomic E-state index is 0.113. The first-order chi connectivity index (χ1) is 10.8. The number of carbonyl (C=O) groups excluding carboxylic acids is 1. The monoisotopic (exact) mass is 344 g/mol. The van der Waals surface area contributed by atoms with Gasteiger partial charge in [-0.2, -0.15) is 18.2 Å². The molecule has 23 heavy (non-hydrogen) atoms. The van der Waals surface area contributed by atoms with Gasteiger partial charge in [0.2, 0.25) is 5.82 Å². The van der Waals surface area contributed by atoms with E-state index in [0.29, 0.717) is 4.88 Å². The van der Waals surface area contributed by atoms with Gasteiger partial charge in [0.15, 0.2) is 0 Å². The van der Waals surface area contributed by atoms with Gasteiger partial charge in [0, 0.05) is 11.9 Å². The van der Waals surface area contributed by atoms with Crippen molar-refractivity contribution in [3.63, 3.8) is 0 Å². The second kappa shape index (κ2) is 6.70. The highest BCUT2D eigenvalue weighted by molar-refractivity contribution is 7.15. The first-order valence-corrected chi connectivity index (χ1v) is 7.05. The third-order valence-electron chi connectivity index (χ3n) is 2.63. The number of terminal acetylenes is 1. The van der Waals surface area contributed by atoms with Gasteiger partial charge < -0.3 is 14.7 Å². The van der Waals surface area contributed by atoms with Crippen LogP contribution in [-0.2, 0) is 12.7 Å². The van der Waals surface area contributed by atoms with Crippen LogP contribution in [0, 0.1) is 12.3 Å². The molecule has 2 amide bonds. The summed E-state index contributed by atoms with van der Waals surface area (Å²) in [6, 6.07) is 2.89. The molecule has 0 aliphatic carbocycles. The minimum atomic E-state index is -4.68. The van der Waals surface area contributed by atoms with Crippen molar-refractivity contribution in [2.24, 2.45) is 0 Å². The van der Waals surface area contributed by atoms with Crippen LogP contribution in [0.15, 0.2) is 16.7 Å². The highest BCUT2D eigenvalue weighted by atomic mass is 32.1. The fourth-order valence-electron chi connectivity index (χ4n) is 1.59. The van der Waals surface area contributed by atoms with Crippen molar-refractivity contribution in [3.8, 4) is 23.0 Å². The first-order valence-electron chi connectivity index (χ1n) is 6.23. The van der Waals surface area contributed by atoms with Crippen molar-refractivity contribution >= 4 is 17.4 Å². The number of thiophene rings is 1. The van der Waals surface area contributed by atoms with E-state index in [-0.39, 0.29) is 24.9 Å². The Morgan fingerprint density at radius 3 is 2.87 bits per heavy atom. The zero-order chi connectivity index (χ0) is 17.0. The molecular formula is C13H11F3N4O2S. The Balaban J connectivity index is 2.05. The van der Waals surface area contributed by atoms with Gasteiger partial charge in [-0.05, 0) is 12.1 Å². The van der Waals surface area contributed by atoms with Crippen LogP contribution in [0.1, 0.15) is 10.8 Å². The van der Waals surface area contributed by atoms with E-state index in [4.69, 9.17) is 6.42 Å². The van der Waals surface area contributed by atoms with E-state index in [9.17, 15) is 18.0 Å². The smallest absolute Gasteiger partial charge is 0.329 e. The number of nitrogens with zero attached hydrogens (tertiary/aromatic N) is 3. The van der Waals surface area contributed by atoms with Crippen LogP contribution in [-0.4, -0.2) is 34.7 Å². The summed E-state index contributed by atoms with van der Waals surface area (Å²) in [5, 5.41) is 5.81. The maximum atomic E-state index is 12.4. The Hall–Kier alpha value is -2.54. The number of nitrogens with one attached hydrogen (secondary N) is 1. The van der Waals surface area contributed by atoms with Gasteiger partial charge in [-0.3, -0.25) is 0 Å². The molecule has 0 atom stereocenters. The standard InChI is InChI=1S/C13H11F3N4O2S/c1-3-6-17-12(21)20(2)7-8-4-5-9(23-8)10-18-11(22-19-10)13(14,15)16/h1,4-5H,6-7H2,2H3,(H,17,21). The molecule has 0 aromatic carbocycles. The second-order valence-electron chi connectivity index (χ2n) is 4.41. The average Bonchev–Trinajstić information content (AvgIpc) is 3.12. The summed E-state index contributed by atoms with van der Waals surface area (Å²) in [6.45, 7) is 0.382. The van der Waals surface area contributed by atoms with Crippen LogP contribution in [0.4, 0.5) is 18.0 Å². The third-order valence-corrected chi connectivity index (χ3v) is 3.70. The Labute approximate surface area is 133 Å². The summed E-state index contributed by atoms with van der Waals surface area (Å²) >= 11 is 1.17. The van der Waals surface area contributed by atoms with Crippen LogP contribution in [0.5, 0.6) is 0 Å². The quantitative estimate of drug-likeness (QED) is 0.866. The van der Waals surface area contributed by atoms with Crippen LogP contribution >= 0.6 is 11.3 Å². The van der Waals surface area contributed by atoms with E-state index in [1.807, 2.05) is 0 Å². The molecule has 0 bridgehead atoms. The average molecular weight is 344 g/mol. The molecule has 0 radical (unpaired) electrons. The van der Waals surface area contributed by atoms with Gasteiger partial charge in [-0.1, -0.05) is 11.1 Å². The van der Waals surface area contributed by atoms with Crippen molar-refractivity contribution in [1.29, 1.82) is 0 Å². The van der Waals surface area contributed by atoms with E-state index >= 15 is 0 Å². The maximum Gasteiger partial charge on any atom is 0.471 e. The van der Waals surface area contributed by atoms with Crippen molar-refractivity contribution in [3.05, 3.63) is 22.9 Å². The molecule has 0 saturated carbocycles. The number of aromatic nitrogens is 2. The normalized spacial score (nSPS) is 11.1. The molecule has 6 nitrogen and oxygen atoms in total. The predicted octanol–water partition coefficient (Wildman–Crippen LogP) is 2.59. The molecule has 2 aromatic rings. The largest absolute Gasteiger partial charge is 0.471 e. The summed E-state index contributed by atoms with van der Waals surface area (Å²) in [5.74, 6) is 0.742. The fraction of sp³-hybridized carbons (Fsp3) is 0.308. The van der Waals surface area contributed by atoms with Crippen molar-refractivity contribution in [2.45, 2.75) is 12.7 Å². The van der Waals surface area contributed by atoms with Gasteiger partial charge in [0.05, 0.1) is 18.0 Å². The minimum Gasteiger partial charge on any atom is -0.329 e. The van der Waals surface area contributed by atoms with Crippen molar-refractivity contribution in [1.82, 2.24) is 20.4 Å². The van der Waals surface area contributed by atoms with E-state index in [1.54, 1.807) is 19.2 Å². The summed E-state index contributed by atoms with van der Waals surface area (Å²) in [6.07, 6.45) is 0.366. The summed E-state index contributed by atoms with van der Waals surface area (Å²) in [5.41, 5.74) is 0. The molecule has 2 rings (SSSR count). The van der Waals surface area contributed by atoms with Crippen LogP contribution < -0.4 is 5.32 Å². The van der Waals surface area contributed by atoms with Crippen molar-refractivity contribution in [2.75, 3.05) is 13.6 Å². The van der Waals surface area contributed by atoms with Crippen LogP contribution in [0.3, 0.4) is 0 Å². The molecule has 2 heterocycles. The molecule has 0 unspecified atom stereocenters. The molecular weight excluding hydrogens is 333 g/mol. The summed E-state index contributed by atoms with van der Waals surface area (Å²) in [7, 11) is 1.57. The second-order valence-corrected chi connectivity index (χ2v) is 5.57. The summed E-state index contributed by atoms with van der Waals surface area (Å²) in [4.78, 5) is 17.5. The number of urea groups is 1. The lowest BCUT2D eigenvalue weighted by atomic mass is 10.4. The van der Waals surface area contributed by atoms with Gasteiger partial charge in [-0.15, -0.1) is 17.8 Å². The Morgan fingerprint density at radius 1 is 1.52 bits per heavy atom. The molecule has 0 fully saturated rings. The van der Waals surface area contributed by atoms with Crippen molar-refractivity contribution < 1.29 is 22.5 Å². The Bertz CT molecular complexity index is 732. The third kappa shape index (κ3) is 4.23. The van der Waals surface area contributed by atoms with Crippen LogP contribution in [0.2, 0.25) is 0 Å².